The molecule has 1 aliphatic heterocycles. The lowest BCUT2D eigenvalue weighted by Gasteiger charge is -2.19. The number of carbonyl (C=O) groups excluding carboxylic acids is 1. The van der Waals surface area contributed by atoms with E-state index in [-0.39, 0.29) is 6.79 Å². The number of carbonyl (C=O) groups is 1. The zero-order valence-corrected chi connectivity index (χ0v) is 9.94. The highest BCUT2D eigenvalue weighted by molar-refractivity contribution is 5.85. The molecule has 0 fully saturated rings. The highest BCUT2D eigenvalue weighted by atomic mass is 16.7. The van der Waals surface area contributed by atoms with Gasteiger partial charge < -0.3 is 14.2 Å². The molecule has 6 nitrogen and oxygen atoms in total. The van der Waals surface area contributed by atoms with Crippen LogP contribution in [0.15, 0.2) is 12.3 Å². The molecule has 1 N–H and O–H groups in total. The van der Waals surface area contributed by atoms with Gasteiger partial charge in [0.1, 0.15) is 5.60 Å². The van der Waals surface area contributed by atoms with Crippen LogP contribution in [-0.2, 0) is 4.74 Å². The van der Waals surface area contributed by atoms with Crippen LogP contribution >= 0.6 is 0 Å². The number of hydrogen-bond acceptors (Lipinski definition) is 5. The van der Waals surface area contributed by atoms with Crippen LogP contribution in [0, 0.1) is 0 Å². The van der Waals surface area contributed by atoms with Gasteiger partial charge >= 0.3 is 6.09 Å². The maximum absolute atomic E-state index is 11.5. The summed E-state index contributed by atoms with van der Waals surface area (Å²) in [5.74, 6) is 0.943. The van der Waals surface area contributed by atoms with Gasteiger partial charge in [-0.1, -0.05) is 0 Å². The number of nitrogens with zero attached hydrogens (tertiary/aromatic N) is 1. The minimum Gasteiger partial charge on any atom is -0.452 e. The molecule has 0 bridgehead atoms. The first-order valence-corrected chi connectivity index (χ1v) is 5.20. The smallest absolute Gasteiger partial charge is 0.412 e. The second-order valence-corrected chi connectivity index (χ2v) is 4.56. The van der Waals surface area contributed by atoms with Crippen molar-refractivity contribution in [1.29, 1.82) is 0 Å². The van der Waals surface area contributed by atoms with Crippen molar-refractivity contribution in [2.45, 2.75) is 26.4 Å². The van der Waals surface area contributed by atoms with Gasteiger partial charge in [-0.2, -0.15) is 0 Å². The molecule has 0 radical (unpaired) electrons. The molecule has 0 aliphatic carbocycles. The molecule has 1 aromatic heterocycles. The standard InChI is InChI=1S/C11H14N2O4/c1-11(2,3)17-10(14)13-7-4-8-9(12-5-7)16-6-15-8/h4-5H,6H2,1-3H3,(H,13,14). The summed E-state index contributed by atoms with van der Waals surface area (Å²) in [5.41, 5.74) is -0.0306. The van der Waals surface area contributed by atoms with Gasteiger partial charge in [-0.15, -0.1) is 0 Å². The molecule has 0 atom stereocenters. The number of hydrogen-bond donors (Lipinski definition) is 1. The molecule has 1 aromatic rings. The molecular weight excluding hydrogens is 224 g/mol. The average molecular weight is 238 g/mol. The number of fused-ring (bicyclic) bond motifs is 1. The summed E-state index contributed by atoms with van der Waals surface area (Å²) in [5, 5.41) is 2.57. The van der Waals surface area contributed by atoms with E-state index >= 15 is 0 Å². The van der Waals surface area contributed by atoms with Crippen molar-refractivity contribution in [3.63, 3.8) is 0 Å². The van der Waals surface area contributed by atoms with Crippen LogP contribution in [0.25, 0.3) is 0 Å². The fourth-order valence-electron chi connectivity index (χ4n) is 1.28. The van der Waals surface area contributed by atoms with E-state index in [1.807, 2.05) is 0 Å². The molecule has 2 heterocycles. The van der Waals surface area contributed by atoms with E-state index in [2.05, 4.69) is 10.3 Å². The number of pyridine rings is 1. The number of nitrogens with one attached hydrogen (secondary N) is 1. The summed E-state index contributed by atoms with van der Waals surface area (Å²) in [4.78, 5) is 15.5. The Bertz CT molecular complexity index is 440. The topological polar surface area (TPSA) is 69.7 Å². The van der Waals surface area contributed by atoms with Gasteiger partial charge in [-0.05, 0) is 20.8 Å². The predicted octanol–water partition coefficient (Wildman–Crippen LogP) is 2.16. The fraction of sp³-hybridized carbons (Fsp3) is 0.455. The summed E-state index contributed by atoms with van der Waals surface area (Å²) in [6.07, 6.45) is 0.954. The first-order valence-electron chi connectivity index (χ1n) is 5.20. The summed E-state index contributed by atoms with van der Waals surface area (Å²) >= 11 is 0. The minimum atomic E-state index is -0.534. The molecule has 2 rings (SSSR count). The number of ether oxygens (including phenoxy) is 3. The molecule has 92 valence electrons. The SMILES string of the molecule is CC(C)(C)OC(=O)Nc1cnc2c(c1)OCO2. The Kier molecular flexibility index (Phi) is 2.79. The Morgan fingerprint density at radius 1 is 1.47 bits per heavy atom. The van der Waals surface area contributed by atoms with E-state index < -0.39 is 11.7 Å². The molecular formula is C11H14N2O4. The number of amides is 1. The lowest BCUT2D eigenvalue weighted by atomic mass is 10.2. The summed E-state index contributed by atoms with van der Waals surface area (Å²) in [7, 11) is 0. The van der Waals surface area contributed by atoms with Crippen molar-refractivity contribution >= 4 is 11.8 Å². The van der Waals surface area contributed by atoms with Crippen LogP contribution in [0.3, 0.4) is 0 Å². The molecule has 0 spiro atoms. The lowest BCUT2D eigenvalue weighted by Crippen LogP contribution is -2.27. The third-order valence-electron chi connectivity index (χ3n) is 1.87. The fourth-order valence-corrected chi connectivity index (χ4v) is 1.28. The zero-order chi connectivity index (χ0) is 12.5. The molecule has 0 saturated carbocycles. The molecule has 0 unspecified atom stereocenters. The molecule has 6 heteroatoms. The maximum Gasteiger partial charge on any atom is 0.412 e. The van der Waals surface area contributed by atoms with Gasteiger partial charge in [0.2, 0.25) is 6.79 Å². The van der Waals surface area contributed by atoms with E-state index in [1.165, 1.54) is 6.20 Å². The molecule has 0 aromatic carbocycles. The maximum atomic E-state index is 11.5. The Morgan fingerprint density at radius 3 is 2.94 bits per heavy atom. The molecule has 0 saturated heterocycles. The van der Waals surface area contributed by atoms with Gasteiger partial charge in [0, 0.05) is 6.07 Å². The van der Waals surface area contributed by atoms with Crippen molar-refractivity contribution in [1.82, 2.24) is 4.98 Å². The van der Waals surface area contributed by atoms with E-state index in [9.17, 15) is 4.79 Å². The molecule has 17 heavy (non-hydrogen) atoms. The largest absolute Gasteiger partial charge is 0.452 e. The van der Waals surface area contributed by atoms with Crippen LogP contribution in [0.1, 0.15) is 20.8 Å². The third kappa shape index (κ3) is 2.99. The quantitative estimate of drug-likeness (QED) is 0.811. The number of aromatic nitrogens is 1. The lowest BCUT2D eigenvalue weighted by molar-refractivity contribution is 0.0636. The minimum absolute atomic E-state index is 0.151. The molecule has 1 aliphatic rings. The Labute approximate surface area is 98.9 Å². The summed E-state index contributed by atoms with van der Waals surface area (Å²) in [6, 6.07) is 1.64. The summed E-state index contributed by atoms with van der Waals surface area (Å²) < 4.78 is 15.3. The van der Waals surface area contributed by atoms with Crippen molar-refractivity contribution < 1.29 is 19.0 Å². The first kappa shape index (κ1) is 11.5. The van der Waals surface area contributed by atoms with Gasteiger partial charge in [-0.25, -0.2) is 9.78 Å². The van der Waals surface area contributed by atoms with Crippen molar-refractivity contribution in [3.05, 3.63) is 12.3 Å². The van der Waals surface area contributed by atoms with Crippen molar-refractivity contribution in [2.24, 2.45) is 0 Å². The highest BCUT2D eigenvalue weighted by Gasteiger charge is 2.19. The van der Waals surface area contributed by atoms with E-state index in [0.717, 1.165) is 0 Å². The Balaban J connectivity index is 2.02. The van der Waals surface area contributed by atoms with Gasteiger partial charge in [0.05, 0.1) is 11.9 Å². The number of anilines is 1. The third-order valence-corrected chi connectivity index (χ3v) is 1.87. The van der Waals surface area contributed by atoms with Gasteiger partial charge in [0.15, 0.2) is 5.75 Å². The highest BCUT2D eigenvalue weighted by Crippen LogP contribution is 2.31. The summed E-state index contributed by atoms with van der Waals surface area (Å²) in [6.45, 7) is 5.54. The average Bonchev–Trinajstić information content (AvgIpc) is 2.61. The second-order valence-electron chi connectivity index (χ2n) is 4.56. The van der Waals surface area contributed by atoms with Gasteiger partial charge in [0.25, 0.3) is 5.88 Å². The van der Waals surface area contributed by atoms with Crippen LogP contribution in [0.4, 0.5) is 10.5 Å². The van der Waals surface area contributed by atoms with Crippen LogP contribution in [-0.4, -0.2) is 23.5 Å². The van der Waals surface area contributed by atoms with E-state index in [1.54, 1.807) is 26.8 Å². The first-order chi connectivity index (χ1) is 7.94. The normalized spacial score (nSPS) is 13.4. The van der Waals surface area contributed by atoms with Crippen LogP contribution in [0.2, 0.25) is 0 Å². The monoisotopic (exact) mass is 238 g/mol. The second kappa shape index (κ2) is 4.12. The molecule has 1 amide bonds. The van der Waals surface area contributed by atoms with Crippen LogP contribution in [0.5, 0.6) is 11.6 Å². The predicted molar refractivity (Wildman–Crippen MR) is 60.2 cm³/mol. The van der Waals surface area contributed by atoms with Crippen molar-refractivity contribution in [3.8, 4) is 11.6 Å². The van der Waals surface area contributed by atoms with Gasteiger partial charge in [-0.3, -0.25) is 5.32 Å². The van der Waals surface area contributed by atoms with E-state index in [4.69, 9.17) is 14.2 Å². The zero-order valence-electron chi connectivity index (χ0n) is 9.94. The van der Waals surface area contributed by atoms with Crippen LogP contribution < -0.4 is 14.8 Å². The Morgan fingerprint density at radius 2 is 2.24 bits per heavy atom. The Hall–Kier alpha value is -1.98. The number of rotatable bonds is 1. The van der Waals surface area contributed by atoms with E-state index in [0.29, 0.717) is 17.3 Å². The van der Waals surface area contributed by atoms with Crippen molar-refractivity contribution in [2.75, 3.05) is 12.1 Å².